The van der Waals surface area contributed by atoms with E-state index in [2.05, 4.69) is 25.0 Å². The van der Waals surface area contributed by atoms with E-state index in [1.807, 2.05) is 6.07 Å². The van der Waals surface area contributed by atoms with E-state index in [-0.39, 0.29) is 0 Å². The van der Waals surface area contributed by atoms with Gasteiger partial charge >= 0.3 is 0 Å². The Labute approximate surface area is 158 Å². The summed E-state index contributed by atoms with van der Waals surface area (Å²) in [5.74, 6) is 0.821. The molecule has 2 saturated heterocycles. The predicted molar refractivity (Wildman–Crippen MR) is 108 cm³/mol. The van der Waals surface area contributed by atoms with Crippen LogP contribution in [0.2, 0.25) is 0 Å². The third-order valence-electron chi connectivity index (χ3n) is 5.90. The van der Waals surface area contributed by atoms with Crippen LogP contribution in [0.15, 0.2) is 36.3 Å². The summed E-state index contributed by atoms with van der Waals surface area (Å²) in [5, 5.41) is 0. The van der Waals surface area contributed by atoms with Gasteiger partial charge in [0.15, 0.2) is 0 Å². The maximum atomic E-state index is 13.2. The number of likely N-dealkylation sites (tertiary alicyclic amines) is 1. The van der Waals surface area contributed by atoms with Crippen molar-refractivity contribution < 1.29 is 8.42 Å². The number of hydrogen-bond donors (Lipinski definition) is 0. The molecule has 142 valence electrons. The van der Waals surface area contributed by atoms with E-state index >= 15 is 0 Å². The van der Waals surface area contributed by atoms with E-state index in [1.165, 1.54) is 12.8 Å². The standard InChI is InChI=1S/C21H30N2O2S/c1-4-18-7-6-8-21(20(18)5-2)26(24,25)23-15-11-19(12-16-23)22-13-9-17(3)10-14-22/h4-8,17,19H,1-2,9-16H2,3H3. The Hall–Kier alpha value is -1.43. The monoisotopic (exact) mass is 374 g/mol. The quantitative estimate of drug-likeness (QED) is 0.786. The first-order chi connectivity index (χ1) is 12.5. The summed E-state index contributed by atoms with van der Waals surface area (Å²) in [6, 6.07) is 5.84. The highest BCUT2D eigenvalue weighted by Crippen LogP contribution is 2.29. The number of nitrogens with zero attached hydrogens (tertiary/aromatic N) is 2. The third kappa shape index (κ3) is 3.80. The zero-order valence-electron chi connectivity index (χ0n) is 15.7. The lowest BCUT2D eigenvalue weighted by Gasteiger charge is -2.41. The molecule has 0 amide bonds. The van der Waals surface area contributed by atoms with Crippen LogP contribution in [-0.4, -0.2) is 49.8 Å². The average molecular weight is 375 g/mol. The molecule has 2 aliphatic rings. The molecule has 5 heteroatoms. The fourth-order valence-corrected chi connectivity index (χ4v) is 5.86. The maximum Gasteiger partial charge on any atom is 0.243 e. The first-order valence-electron chi connectivity index (χ1n) is 9.59. The Balaban J connectivity index is 1.73. The van der Waals surface area contributed by atoms with Gasteiger partial charge in [0.25, 0.3) is 0 Å². The largest absolute Gasteiger partial charge is 0.300 e. The van der Waals surface area contributed by atoms with Gasteiger partial charge in [-0.3, -0.25) is 0 Å². The normalized spacial score (nSPS) is 21.6. The van der Waals surface area contributed by atoms with Crippen LogP contribution in [0, 0.1) is 5.92 Å². The fourth-order valence-electron chi connectivity index (χ4n) is 4.16. The Morgan fingerprint density at radius 2 is 1.65 bits per heavy atom. The molecular formula is C21H30N2O2S. The van der Waals surface area contributed by atoms with Crippen molar-refractivity contribution in [2.24, 2.45) is 5.92 Å². The minimum Gasteiger partial charge on any atom is -0.300 e. The summed E-state index contributed by atoms with van der Waals surface area (Å²) in [5.41, 5.74) is 1.45. The zero-order chi connectivity index (χ0) is 18.7. The summed E-state index contributed by atoms with van der Waals surface area (Å²) < 4.78 is 28.0. The summed E-state index contributed by atoms with van der Waals surface area (Å²) >= 11 is 0. The average Bonchev–Trinajstić information content (AvgIpc) is 2.68. The molecule has 0 saturated carbocycles. The zero-order valence-corrected chi connectivity index (χ0v) is 16.5. The first kappa shape index (κ1) is 19.3. The van der Waals surface area contributed by atoms with Crippen molar-refractivity contribution in [3.8, 4) is 0 Å². The van der Waals surface area contributed by atoms with Gasteiger partial charge in [0.05, 0.1) is 4.90 Å². The molecule has 26 heavy (non-hydrogen) atoms. The minimum atomic E-state index is -3.50. The van der Waals surface area contributed by atoms with Crippen LogP contribution >= 0.6 is 0 Å². The molecule has 0 radical (unpaired) electrons. The molecule has 0 aliphatic carbocycles. The highest BCUT2D eigenvalue weighted by Gasteiger charge is 2.33. The van der Waals surface area contributed by atoms with Gasteiger partial charge in [0.1, 0.15) is 0 Å². The van der Waals surface area contributed by atoms with Gasteiger partial charge in [-0.05, 0) is 56.3 Å². The highest BCUT2D eigenvalue weighted by atomic mass is 32.2. The van der Waals surface area contributed by atoms with Crippen molar-refractivity contribution in [1.82, 2.24) is 9.21 Å². The molecule has 0 unspecified atom stereocenters. The second-order valence-corrected chi connectivity index (χ2v) is 9.43. The van der Waals surface area contributed by atoms with Gasteiger partial charge < -0.3 is 4.90 Å². The van der Waals surface area contributed by atoms with E-state index in [4.69, 9.17) is 0 Å². The van der Waals surface area contributed by atoms with Crippen molar-refractivity contribution >= 4 is 22.2 Å². The molecule has 2 aliphatic heterocycles. The topological polar surface area (TPSA) is 40.6 Å². The summed E-state index contributed by atoms with van der Waals surface area (Å²) in [7, 11) is -3.50. The number of benzene rings is 1. The SMILES string of the molecule is C=Cc1cccc(S(=O)(=O)N2CCC(N3CCC(C)CC3)CC2)c1C=C. The summed E-state index contributed by atoms with van der Waals surface area (Å²) in [4.78, 5) is 2.91. The molecule has 1 aromatic rings. The van der Waals surface area contributed by atoms with Crippen LogP contribution in [0.5, 0.6) is 0 Å². The fraction of sp³-hybridized carbons (Fsp3) is 0.524. The van der Waals surface area contributed by atoms with E-state index in [0.717, 1.165) is 37.4 Å². The van der Waals surface area contributed by atoms with Crippen LogP contribution in [0.1, 0.15) is 43.7 Å². The second kappa shape index (κ2) is 8.07. The second-order valence-electron chi connectivity index (χ2n) is 7.52. The van der Waals surface area contributed by atoms with Gasteiger partial charge in [0, 0.05) is 24.7 Å². The number of rotatable bonds is 5. The van der Waals surface area contributed by atoms with E-state index in [0.29, 0.717) is 29.6 Å². The number of piperidine rings is 2. The summed E-state index contributed by atoms with van der Waals surface area (Å²) in [6.07, 6.45) is 7.65. The molecule has 0 bridgehead atoms. The van der Waals surface area contributed by atoms with Crippen LogP contribution in [0.25, 0.3) is 12.2 Å². The van der Waals surface area contributed by atoms with Gasteiger partial charge in [-0.1, -0.05) is 44.4 Å². The van der Waals surface area contributed by atoms with Gasteiger partial charge in [-0.2, -0.15) is 4.31 Å². The van der Waals surface area contributed by atoms with Crippen molar-refractivity contribution in [1.29, 1.82) is 0 Å². The van der Waals surface area contributed by atoms with Gasteiger partial charge in [0.2, 0.25) is 10.0 Å². The predicted octanol–water partition coefficient (Wildman–Crippen LogP) is 3.86. The molecule has 1 aromatic carbocycles. The molecule has 3 rings (SSSR count). The summed E-state index contributed by atoms with van der Waals surface area (Å²) in [6.45, 7) is 13.4. The molecular weight excluding hydrogens is 344 g/mol. The van der Waals surface area contributed by atoms with E-state index in [1.54, 1.807) is 28.6 Å². The Morgan fingerprint density at radius 1 is 1.00 bits per heavy atom. The molecule has 2 fully saturated rings. The first-order valence-corrected chi connectivity index (χ1v) is 11.0. The van der Waals surface area contributed by atoms with Crippen molar-refractivity contribution in [3.63, 3.8) is 0 Å². The lowest BCUT2D eigenvalue weighted by atomic mass is 9.95. The third-order valence-corrected chi connectivity index (χ3v) is 7.86. The lowest BCUT2D eigenvalue weighted by Crippen LogP contribution is -2.48. The molecule has 0 aromatic heterocycles. The molecule has 4 nitrogen and oxygen atoms in total. The van der Waals surface area contributed by atoms with Crippen LogP contribution in [-0.2, 0) is 10.0 Å². The molecule has 2 heterocycles. The Bertz CT molecular complexity index is 756. The van der Waals surface area contributed by atoms with Crippen LogP contribution in [0.4, 0.5) is 0 Å². The molecule has 0 N–H and O–H groups in total. The van der Waals surface area contributed by atoms with Crippen LogP contribution in [0.3, 0.4) is 0 Å². The molecule has 0 spiro atoms. The van der Waals surface area contributed by atoms with Crippen molar-refractivity contribution in [3.05, 3.63) is 42.5 Å². The minimum absolute atomic E-state index is 0.343. The Morgan fingerprint density at radius 3 is 2.23 bits per heavy atom. The highest BCUT2D eigenvalue weighted by molar-refractivity contribution is 7.89. The smallest absolute Gasteiger partial charge is 0.243 e. The lowest BCUT2D eigenvalue weighted by molar-refractivity contribution is 0.101. The van der Waals surface area contributed by atoms with Crippen molar-refractivity contribution in [2.45, 2.75) is 43.5 Å². The van der Waals surface area contributed by atoms with Crippen LogP contribution < -0.4 is 0 Å². The molecule has 0 atom stereocenters. The van der Waals surface area contributed by atoms with Gasteiger partial charge in [-0.15, -0.1) is 0 Å². The van der Waals surface area contributed by atoms with Crippen molar-refractivity contribution in [2.75, 3.05) is 26.2 Å². The number of sulfonamides is 1. The van der Waals surface area contributed by atoms with E-state index in [9.17, 15) is 8.42 Å². The maximum absolute atomic E-state index is 13.2. The van der Waals surface area contributed by atoms with E-state index < -0.39 is 10.0 Å². The number of hydrogen-bond acceptors (Lipinski definition) is 3. The Kier molecular flexibility index (Phi) is 6.00. The van der Waals surface area contributed by atoms with Gasteiger partial charge in [-0.25, -0.2) is 8.42 Å².